The number of oxazole rings is 1. The zero-order valence-electron chi connectivity index (χ0n) is 10.3. The Morgan fingerprint density at radius 1 is 1.25 bits per heavy atom. The fraction of sp³-hybridized carbons (Fsp3) is 0.0769. The molecule has 7 heteroatoms. The van der Waals surface area contributed by atoms with Crippen molar-refractivity contribution >= 4 is 22.8 Å². The van der Waals surface area contributed by atoms with Gasteiger partial charge in [0, 0.05) is 12.3 Å². The number of rotatable bonds is 4. The second kappa shape index (κ2) is 4.96. The van der Waals surface area contributed by atoms with Gasteiger partial charge in [-0.25, -0.2) is 0 Å². The van der Waals surface area contributed by atoms with Crippen molar-refractivity contribution in [1.29, 1.82) is 0 Å². The number of nitrogens with one attached hydrogen (secondary N) is 1. The van der Waals surface area contributed by atoms with Gasteiger partial charge in [0.05, 0.1) is 17.2 Å². The molecule has 7 nitrogen and oxygen atoms in total. The lowest BCUT2D eigenvalue weighted by molar-refractivity contribution is -0.383. The number of benzene rings is 1. The van der Waals surface area contributed by atoms with Crippen molar-refractivity contribution in [3.63, 3.8) is 0 Å². The monoisotopic (exact) mass is 270 g/mol. The van der Waals surface area contributed by atoms with E-state index in [9.17, 15) is 10.1 Å². The molecule has 0 bridgehead atoms. The number of para-hydroxylation sites is 1. The van der Waals surface area contributed by atoms with Crippen LogP contribution in [0, 0.1) is 10.1 Å². The SMILES string of the molecule is O=[N+]([O-])c1cccc2oc(NCc3ccccn3)nc12. The molecule has 2 heterocycles. The van der Waals surface area contributed by atoms with Gasteiger partial charge in [-0.3, -0.25) is 15.1 Å². The zero-order valence-corrected chi connectivity index (χ0v) is 10.3. The average Bonchev–Trinajstić information content (AvgIpc) is 2.88. The first-order chi connectivity index (χ1) is 9.74. The molecule has 0 saturated carbocycles. The Bertz CT molecular complexity index is 755. The molecule has 0 unspecified atom stereocenters. The highest BCUT2D eigenvalue weighted by Gasteiger charge is 2.17. The maximum Gasteiger partial charge on any atom is 0.298 e. The summed E-state index contributed by atoms with van der Waals surface area (Å²) >= 11 is 0. The Hall–Kier alpha value is -2.96. The summed E-state index contributed by atoms with van der Waals surface area (Å²) in [6.45, 7) is 0.432. The number of non-ortho nitro benzene ring substituents is 1. The zero-order chi connectivity index (χ0) is 13.9. The molecule has 1 aromatic carbocycles. The van der Waals surface area contributed by atoms with Crippen molar-refractivity contribution in [3.8, 4) is 0 Å². The van der Waals surface area contributed by atoms with E-state index in [-0.39, 0.29) is 17.2 Å². The van der Waals surface area contributed by atoms with Crippen LogP contribution in [0.3, 0.4) is 0 Å². The van der Waals surface area contributed by atoms with Gasteiger partial charge in [-0.15, -0.1) is 0 Å². The summed E-state index contributed by atoms with van der Waals surface area (Å²) < 4.78 is 5.43. The van der Waals surface area contributed by atoms with Gasteiger partial charge < -0.3 is 9.73 Å². The van der Waals surface area contributed by atoms with E-state index in [1.54, 1.807) is 18.3 Å². The Morgan fingerprint density at radius 3 is 2.90 bits per heavy atom. The van der Waals surface area contributed by atoms with E-state index in [4.69, 9.17) is 4.42 Å². The molecule has 3 rings (SSSR count). The normalized spacial score (nSPS) is 10.6. The maximum atomic E-state index is 10.9. The molecule has 0 aliphatic heterocycles. The van der Waals surface area contributed by atoms with Gasteiger partial charge in [0.15, 0.2) is 11.1 Å². The third-order valence-electron chi connectivity index (χ3n) is 2.74. The van der Waals surface area contributed by atoms with E-state index in [1.165, 1.54) is 6.07 Å². The first-order valence-corrected chi connectivity index (χ1v) is 5.92. The molecular formula is C13H10N4O3. The summed E-state index contributed by atoms with van der Waals surface area (Å²) in [4.78, 5) is 18.7. The van der Waals surface area contributed by atoms with Gasteiger partial charge in [0.1, 0.15) is 0 Å². The number of nitrogens with zero attached hydrogens (tertiary/aromatic N) is 3. The van der Waals surface area contributed by atoms with Crippen LogP contribution in [0.15, 0.2) is 47.0 Å². The molecule has 0 fully saturated rings. The van der Waals surface area contributed by atoms with E-state index < -0.39 is 4.92 Å². The van der Waals surface area contributed by atoms with Crippen LogP contribution in [0.4, 0.5) is 11.7 Å². The smallest absolute Gasteiger partial charge is 0.298 e. The lowest BCUT2D eigenvalue weighted by Gasteiger charge is -1.99. The number of fused-ring (bicyclic) bond motifs is 1. The van der Waals surface area contributed by atoms with Gasteiger partial charge >= 0.3 is 0 Å². The van der Waals surface area contributed by atoms with Crippen LogP contribution >= 0.6 is 0 Å². The molecule has 3 aromatic rings. The van der Waals surface area contributed by atoms with E-state index in [2.05, 4.69) is 15.3 Å². The third kappa shape index (κ3) is 2.28. The average molecular weight is 270 g/mol. The molecule has 20 heavy (non-hydrogen) atoms. The third-order valence-corrected chi connectivity index (χ3v) is 2.74. The summed E-state index contributed by atoms with van der Waals surface area (Å²) in [5.74, 6) is 0. The number of nitro groups is 1. The highest BCUT2D eigenvalue weighted by atomic mass is 16.6. The van der Waals surface area contributed by atoms with Crippen molar-refractivity contribution in [2.45, 2.75) is 6.54 Å². The van der Waals surface area contributed by atoms with Gasteiger partial charge in [0.25, 0.3) is 11.7 Å². The predicted octanol–water partition coefficient (Wildman–Crippen LogP) is 2.74. The summed E-state index contributed by atoms with van der Waals surface area (Å²) in [5, 5.41) is 13.9. The van der Waals surface area contributed by atoms with Crippen molar-refractivity contribution in [2.24, 2.45) is 0 Å². The molecule has 1 N–H and O–H groups in total. The van der Waals surface area contributed by atoms with Gasteiger partial charge in [-0.1, -0.05) is 12.1 Å². The van der Waals surface area contributed by atoms with E-state index in [1.807, 2.05) is 18.2 Å². The van der Waals surface area contributed by atoms with Gasteiger partial charge in [-0.05, 0) is 18.2 Å². The van der Waals surface area contributed by atoms with Crippen LogP contribution in [-0.4, -0.2) is 14.9 Å². The van der Waals surface area contributed by atoms with Gasteiger partial charge in [0.2, 0.25) is 0 Å². The van der Waals surface area contributed by atoms with Crippen molar-refractivity contribution in [1.82, 2.24) is 9.97 Å². The summed E-state index contributed by atoms with van der Waals surface area (Å²) in [7, 11) is 0. The molecule has 0 aliphatic carbocycles. The second-order valence-corrected chi connectivity index (χ2v) is 4.07. The van der Waals surface area contributed by atoms with Crippen LogP contribution in [0.2, 0.25) is 0 Å². The first-order valence-electron chi connectivity index (χ1n) is 5.92. The summed E-state index contributed by atoms with van der Waals surface area (Å²) in [6.07, 6.45) is 1.69. The van der Waals surface area contributed by atoms with Crippen LogP contribution in [0.1, 0.15) is 5.69 Å². The quantitative estimate of drug-likeness (QED) is 0.578. The Labute approximate surface area is 113 Å². The highest BCUT2D eigenvalue weighted by molar-refractivity contribution is 5.83. The molecular weight excluding hydrogens is 260 g/mol. The maximum absolute atomic E-state index is 10.9. The minimum atomic E-state index is -0.479. The van der Waals surface area contributed by atoms with Crippen LogP contribution in [0.25, 0.3) is 11.1 Å². The molecule has 100 valence electrons. The molecule has 0 spiro atoms. The molecule has 0 saturated heterocycles. The topological polar surface area (TPSA) is 94.1 Å². The number of nitro benzene ring substituents is 1. The lowest BCUT2D eigenvalue weighted by Crippen LogP contribution is -2.01. The number of aromatic nitrogens is 2. The van der Waals surface area contributed by atoms with E-state index in [0.717, 1.165) is 5.69 Å². The van der Waals surface area contributed by atoms with Crippen LogP contribution < -0.4 is 5.32 Å². The molecule has 0 amide bonds. The largest absolute Gasteiger partial charge is 0.423 e. The molecule has 0 radical (unpaired) electrons. The number of anilines is 1. The molecule has 0 atom stereocenters. The van der Waals surface area contributed by atoms with Crippen LogP contribution in [-0.2, 0) is 6.54 Å². The fourth-order valence-electron chi connectivity index (χ4n) is 1.83. The molecule has 0 aliphatic rings. The molecule has 2 aromatic heterocycles. The van der Waals surface area contributed by atoms with Crippen molar-refractivity contribution < 1.29 is 9.34 Å². The minimum Gasteiger partial charge on any atom is -0.423 e. The lowest BCUT2D eigenvalue weighted by atomic mass is 10.3. The standard InChI is InChI=1S/C13H10N4O3/c18-17(19)10-5-3-6-11-12(10)16-13(20-11)15-8-9-4-1-2-7-14-9/h1-7H,8H2,(H,15,16). The number of hydrogen-bond donors (Lipinski definition) is 1. The van der Waals surface area contributed by atoms with Crippen molar-refractivity contribution in [3.05, 3.63) is 58.4 Å². The highest BCUT2D eigenvalue weighted by Crippen LogP contribution is 2.27. The first kappa shape index (κ1) is 12.1. The van der Waals surface area contributed by atoms with Crippen LogP contribution in [0.5, 0.6) is 0 Å². The van der Waals surface area contributed by atoms with Gasteiger partial charge in [-0.2, -0.15) is 4.98 Å². The Kier molecular flexibility index (Phi) is 3.00. The fourth-order valence-corrected chi connectivity index (χ4v) is 1.83. The Balaban J connectivity index is 1.86. The number of pyridine rings is 1. The number of hydrogen-bond acceptors (Lipinski definition) is 6. The van der Waals surface area contributed by atoms with E-state index >= 15 is 0 Å². The predicted molar refractivity (Wildman–Crippen MR) is 72.2 cm³/mol. The van der Waals surface area contributed by atoms with Crippen molar-refractivity contribution in [2.75, 3.05) is 5.32 Å². The second-order valence-electron chi connectivity index (χ2n) is 4.07. The Morgan fingerprint density at radius 2 is 2.15 bits per heavy atom. The summed E-state index contributed by atoms with van der Waals surface area (Å²) in [5.41, 5.74) is 1.37. The summed E-state index contributed by atoms with van der Waals surface area (Å²) in [6, 6.07) is 10.4. The minimum absolute atomic E-state index is 0.0721. The van der Waals surface area contributed by atoms with E-state index in [0.29, 0.717) is 12.1 Å².